The first kappa shape index (κ1) is 16.3. The quantitative estimate of drug-likeness (QED) is 0.807. The molecule has 0 radical (unpaired) electrons. The number of ketones is 1. The van der Waals surface area contributed by atoms with Crippen LogP contribution in [0.25, 0.3) is 0 Å². The lowest BCUT2D eigenvalue weighted by Crippen LogP contribution is -2.61. The van der Waals surface area contributed by atoms with E-state index in [0.717, 1.165) is 30.7 Å². The number of hydrogen-bond acceptors (Lipinski definition) is 6. The van der Waals surface area contributed by atoms with E-state index in [1.165, 1.54) is 0 Å². The first-order chi connectivity index (χ1) is 12.3. The van der Waals surface area contributed by atoms with Crippen LogP contribution in [-0.4, -0.2) is 53.8 Å². The molecule has 0 N–H and O–H groups in total. The molecule has 3 heterocycles. The van der Waals surface area contributed by atoms with Gasteiger partial charge in [-0.2, -0.15) is 5.06 Å². The van der Waals surface area contributed by atoms with E-state index in [1.54, 1.807) is 11.8 Å². The standard InChI is InChI=1S/C19H23NO4S/c21-15-12-16(25-13-6-2-1-3-7-13)19(22-10-11-23-19)18-17(15)14-8-4-5-9-20(14)24-18/h1-3,6-7,14,16-18H,4-5,8-12H2/t14-,16+,17+,18+/m1/s1. The zero-order valence-corrected chi connectivity index (χ0v) is 15.0. The van der Waals surface area contributed by atoms with Crippen molar-refractivity contribution in [3.8, 4) is 0 Å². The van der Waals surface area contributed by atoms with Gasteiger partial charge in [0.05, 0.1) is 24.4 Å². The Kier molecular flexibility index (Phi) is 4.14. The molecule has 5 nitrogen and oxygen atoms in total. The molecule has 1 aromatic rings. The van der Waals surface area contributed by atoms with Crippen molar-refractivity contribution < 1.29 is 19.1 Å². The number of rotatable bonds is 2. The Morgan fingerprint density at radius 2 is 1.92 bits per heavy atom. The summed E-state index contributed by atoms with van der Waals surface area (Å²) in [5.41, 5.74) is 0. The Hall–Kier alpha value is -0.920. The number of nitrogens with zero attached hydrogens (tertiary/aromatic N) is 1. The summed E-state index contributed by atoms with van der Waals surface area (Å²) in [4.78, 5) is 20.5. The monoisotopic (exact) mass is 361 g/mol. The van der Waals surface area contributed by atoms with Gasteiger partial charge in [0.15, 0.2) is 0 Å². The van der Waals surface area contributed by atoms with Crippen LogP contribution in [0.1, 0.15) is 25.7 Å². The Balaban J connectivity index is 1.48. The number of hydroxylamine groups is 2. The summed E-state index contributed by atoms with van der Waals surface area (Å²) < 4.78 is 12.4. The molecule has 0 aromatic heterocycles. The summed E-state index contributed by atoms with van der Waals surface area (Å²) in [7, 11) is 0. The third-order valence-corrected chi connectivity index (χ3v) is 7.18. The number of hydrogen-bond donors (Lipinski definition) is 0. The lowest BCUT2D eigenvalue weighted by Gasteiger charge is -2.44. The van der Waals surface area contributed by atoms with Gasteiger partial charge in [0.2, 0.25) is 5.79 Å². The topological polar surface area (TPSA) is 48.0 Å². The van der Waals surface area contributed by atoms with Gasteiger partial charge in [0, 0.05) is 23.9 Å². The number of carbonyl (C=O) groups is 1. The van der Waals surface area contributed by atoms with Crippen LogP contribution in [0.3, 0.4) is 0 Å². The molecule has 134 valence electrons. The third kappa shape index (κ3) is 2.58. The summed E-state index contributed by atoms with van der Waals surface area (Å²) >= 11 is 1.68. The van der Waals surface area contributed by atoms with E-state index in [4.69, 9.17) is 14.3 Å². The Bertz CT molecular complexity index is 648. The van der Waals surface area contributed by atoms with Gasteiger partial charge in [-0.25, -0.2) is 0 Å². The molecule has 1 spiro atoms. The number of thioether (sulfide) groups is 1. The Morgan fingerprint density at radius 3 is 2.72 bits per heavy atom. The molecule has 5 rings (SSSR count). The Morgan fingerprint density at radius 1 is 1.12 bits per heavy atom. The average Bonchev–Trinajstić information content (AvgIpc) is 3.27. The maximum atomic E-state index is 13.0. The van der Waals surface area contributed by atoms with Gasteiger partial charge in [0.25, 0.3) is 0 Å². The molecule has 4 atom stereocenters. The summed E-state index contributed by atoms with van der Waals surface area (Å²) in [5.74, 6) is -0.625. The summed E-state index contributed by atoms with van der Waals surface area (Å²) in [6, 6.07) is 10.4. The number of benzene rings is 1. The van der Waals surface area contributed by atoms with Crippen molar-refractivity contribution in [3.05, 3.63) is 30.3 Å². The second-order valence-electron chi connectivity index (χ2n) is 7.26. The van der Waals surface area contributed by atoms with E-state index in [0.29, 0.717) is 25.4 Å². The zero-order chi connectivity index (χ0) is 16.9. The highest BCUT2D eigenvalue weighted by Gasteiger charge is 2.66. The van der Waals surface area contributed by atoms with Gasteiger partial charge in [0.1, 0.15) is 11.9 Å². The van der Waals surface area contributed by atoms with Crippen molar-refractivity contribution in [1.82, 2.24) is 5.06 Å². The molecule has 0 bridgehead atoms. The van der Waals surface area contributed by atoms with Crippen LogP contribution < -0.4 is 0 Å². The molecular formula is C19H23NO4S. The molecule has 25 heavy (non-hydrogen) atoms. The van der Waals surface area contributed by atoms with E-state index in [1.807, 2.05) is 23.3 Å². The van der Waals surface area contributed by atoms with Crippen molar-refractivity contribution in [2.45, 2.75) is 53.8 Å². The molecule has 3 aliphatic heterocycles. The molecule has 6 heteroatoms. The molecular weight excluding hydrogens is 338 g/mol. The van der Waals surface area contributed by atoms with Crippen molar-refractivity contribution in [3.63, 3.8) is 0 Å². The fraction of sp³-hybridized carbons (Fsp3) is 0.632. The van der Waals surface area contributed by atoms with Crippen molar-refractivity contribution in [1.29, 1.82) is 0 Å². The average molecular weight is 361 g/mol. The van der Waals surface area contributed by atoms with Crippen LogP contribution >= 0.6 is 11.8 Å². The van der Waals surface area contributed by atoms with Gasteiger partial charge < -0.3 is 9.47 Å². The van der Waals surface area contributed by atoms with Crippen LogP contribution in [0, 0.1) is 5.92 Å². The summed E-state index contributed by atoms with van der Waals surface area (Å²) in [6.45, 7) is 2.03. The van der Waals surface area contributed by atoms with Crippen LogP contribution in [0.4, 0.5) is 0 Å². The van der Waals surface area contributed by atoms with Gasteiger partial charge in [-0.3, -0.25) is 9.63 Å². The molecule has 0 amide bonds. The second-order valence-corrected chi connectivity index (χ2v) is 8.54. The van der Waals surface area contributed by atoms with Crippen molar-refractivity contribution in [2.24, 2.45) is 5.92 Å². The maximum absolute atomic E-state index is 13.0. The molecule has 3 saturated heterocycles. The molecule has 1 aromatic carbocycles. The molecule has 1 aliphatic carbocycles. The number of carbonyl (C=O) groups excluding carboxylic acids is 1. The molecule has 4 fully saturated rings. The van der Waals surface area contributed by atoms with E-state index in [9.17, 15) is 4.79 Å². The minimum atomic E-state index is -0.809. The predicted octanol–water partition coefficient (Wildman–Crippen LogP) is 2.65. The van der Waals surface area contributed by atoms with E-state index < -0.39 is 5.79 Å². The van der Waals surface area contributed by atoms with Gasteiger partial charge in [-0.05, 0) is 25.0 Å². The third-order valence-electron chi connectivity index (χ3n) is 5.85. The second kappa shape index (κ2) is 6.35. The van der Waals surface area contributed by atoms with Crippen LogP contribution in [0.2, 0.25) is 0 Å². The van der Waals surface area contributed by atoms with E-state index in [-0.39, 0.29) is 23.3 Å². The highest BCUT2D eigenvalue weighted by Crippen LogP contribution is 2.52. The first-order valence-corrected chi connectivity index (χ1v) is 10.1. The molecule has 1 saturated carbocycles. The fourth-order valence-electron chi connectivity index (χ4n) is 4.77. The number of piperidine rings is 1. The number of fused-ring (bicyclic) bond motifs is 4. The minimum absolute atomic E-state index is 0.0764. The van der Waals surface area contributed by atoms with Crippen LogP contribution in [0.15, 0.2) is 35.2 Å². The fourth-order valence-corrected chi connectivity index (χ4v) is 6.09. The van der Waals surface area contributed by atoms with Crippen molar-refractivity contribution >= 4 is 17.5 Å². The molecule has 0 unspecified atom stereocenters. The summed E-state index contributed by atoms with van der Waals surface area (Å²) in [5, 5.41) is 1.96. The smallest absolute Gasteiger partial charge is 0.210 e. The zero-order valence-electron chi connectivity index (χ0n) is 14.1. The maximum Gasteiger partial charge on any atom is 0.210 e. The van der Waals surface area contributed by atoms with Gasteiger partial charge in [-0.1, -0.05) is 24.6 Å². The lowest BCUT2D eigenvalue weighted by atomic mass is 9.75. The largest absolute Gasteiger partial charge is 0.344 e. The van der Waals surface area contributed by atoms with Crippen LogP contribution in [-0.2, 0) is 19.1 Å². The SMILES string of the molecule is O=C1C[C@H](Sc2ccccc2)C2(OCCO2)[C@H]2ON3CCCC[C@@H]3[C@@H]12. The predicted molar refractivity (Wildman–Crippen MR) is 93.1 cm³/mol. The number of Topliss-reactive ketones (excluding diaryl/α,β-unsaturated/α-hetero) is 1. The van der Waals surface area contributed by atoms with Crippen LogP contribution in [0.5, 0.6) is 0 Å². The van der Waals surface area contributed by atoms with E-state index in [2.05, 4.69) is 12.1 Å². The Labute approximate surface area is 151 Å². The highest BCUT2D eigenvalue weighted by atomic mass is 32.2. The van der Waals surface area contributed by atoms with Gasteiger partial charge >= 0.3 is 0 Å². The lowest BCUT2D eigenvalue weighted by molar-refractivity contribution is -0.282. The highest BCUT2D eigenvalue weighted by molar-refractivity contribution is 8.00. The first-order valence-electron chi connectivity index (χ1n) is 9.24. The number of ether oxygens (including phenoxy) is 2. The van der Waals surface area contributed by atoms with Crippen molar-refractivity contribution in [2.75, 3.05) is 19.8 Å². The van der Waals surface area contributed by atoms with E-state index >= 15 is 0 Å². The minimum Gasteiger partial charge on any atom is -0.344 e. The normalized spacial score (nSPS) is 37.2. The van der Waals surface area contributed by atoms with Gasteiger partial charge in [-0.15, -0.1) is 11.8 Å². The molecule has 4 aliphatic rings. The summed E-state index contributed by atoms with van der Waals surface area (Å²) in [6.07, 6.45) is 3.48.